The average molecular weight is 496 g/mol. The summed E-state index contributed by atoms with van der Waals surface area (Å²) >= 11 is 3.40. The highest BCUT2D eigenvalue weighted by Gasteiger charge is 2.08. The van der Waals surface area contributed by atoms with Crippen molar-refractivity contribution in [1.29, 1.82) is 0 Å². The largest absolute Gasteiger partial charge is 0.497 e. The van der Waals surface area contributed by atoms with E-state index in [1.807, 2.05) is 19.1 Å². The molecule has 2 amide bonds. The quantitative estimate of drug-likeness (QED) is 0.354. The number of methoxy groups -OCH3 is 1. The lowest BCUT2D eigenvalue weighted by molar-refractivity contribution is -0.118. The average Bonchev–Trinajstić information content (AvgIpc) is 2.79. The van der Waals surface area contributed by atoms with Gasteiger partial charge in [0.15, 0.2) is 6.61 Å². The van der Waals surface area contributed by atoms with Gasteiger partial charge in [0.2, 0.25) is 0 Å². The fourth-order valence-electron chi connectivity index (χ4n) is 2.70. The molecular weight excluding hydrogens is 474 g/mol. The maximum absolute atomic E-state index is 12.2. The molecule has 32 heavy (non-hydrogen) atoms. The van der Waals surface area contributed by atoms with E-state index in [0.29, 0.717) is 28.3 Å². The number of carbonyl (C=O) groups excluding carboxylic acids is 2. The molecule has 0 aliphatic heterocycles. The third-order valence-electron chi connectivity index (χ3n) is 4.39. The molecule has 0 heterocycles. The maximum atomic E-state index is 12.2. The Labute approximate surface area is 194 Å². The molecule has 8 heteroatoms. The summed E-state index contributed by atoms with van der Waals surface area (Å²) in [7, 11) is 1.58. The third-order valence-corrected chi connectivity index (χ3v) is 4.88. The SMILES string of the molecule is COc1ccc(NC(=O)COc2ccc(Br)cc2/C=N/NC(=O)c2ccc(C)cc2)cc1. The molecule has 7 nitrogen and oxygen atoms in total. The Kier molecular flexibility index (Phi) is 7.99. The standard InChI is InChI=1S/C24H22BrN3O4/c1-16-3-5-17(6-4-16)24(30)28-26-14-18-13-19(25)7-12-22(18)32-15-23(29)27-20-8-10-21(31-2)11-9-20/h3-14H,15H2,1-2H3,(H,27,29)(H,28,30)/b26-14+. The molecule has 0 radical (unpaired) electrons. The van der Waals surface area contributed by atoms with Crippen LogP contribution in [0.5, 0.6) is 11.5 Å². The lowest BCUT2D eigenvalue weighted by Gasteiger charge is -2.10. The molecule has 0 saturated carbocycles. The Balaban J connectivity index is 1.60. The summed E-state index contributed by atoms with van der Waals surface area (Å²) in [5.74, 6) is 0.519. The van der Waals surface area contributed by atoms with Gasteiger partial charge in [-0.25, -0.2) is 5.43 Å². The Hall–Kier alpha value is -3.65. The van der Waals surface area contributed by atoms with Gasteiger partial charge in [0, 0.05) is 21.3 Å². The van der Waals surface area contributed by atoms with Crippen LogP contribution in [0.25, 0.3) is 0 Å². The fraction of sp³-hybridized carbons (Fsp3) is 0.125. The van der Waals surface area contributed by atoms with E-state index in [2.05, 4.69) is 31.8 Å². The Morgan fingerprint density at radius 3 is 2.44 bits per heavy atom. The van der Waals surface area contributed by atoms with Gasteiger partial charge in [-0.2, -0.15) is 5.10 Å². The van der Waals surface area contributed by atoms with E-state index in [-0.39, 0.29) is 18.4 Å². The first-order valence-electron chi connectivity index (χ1n) is 9.71. The monoisotopic (exact) mass is 495 g/mol. The van der Waals surface area contributed by atoms with Gasteiger partial charge in [0.1, 0.15) is 11.5 Å². The molecule has 0 aromatic heterocycles. The van der Waals surface area contributed by atoms with Crippen LogP contribution in [0.2, 0.25) is 0 Å². The van der Waals surface area contributed by atoms with Crippen LogP contribution >= 0.6 is 15.9 Å². The Morgan fingerprint density at radius 1 is 1.03 bits per heavy atom. The van der Waals surface area contributed by atoms with Crippen LogP contribution in [0.15, 0.2) is 76.3 Å². The van der Waals surface area contributed by atoms with Gasteiger partial charge in [-0.3, -0.25) is 9.59 Å². The predicted molar refractivity (Wildman–Crippen MR) is 127 cm³/mol. The molecule has 0 saturated heterocycles. The Bertz CT molecular complexity index is 1110. The molecule has 0 aliphatic rings. The van der Waals surface area contributed by atoms with E-state index < -0.39 is 0 Å². The molecule has 0 aliphatic carbocycles. The van der Waals surface area contributed by atoms with Crippen molar-refractivity contribution in [2.24, 2.45) is 5.10 Å². The van der Waals surface area contributed by atoms with Crippen LogP contribution in [-0.4, -0.2) is 31.7 Å². The summed E-state index contributed by atoms with van der Waals surface area (Å²) in [4.78, 5) is 24.4. The van der Waals surface area contributed by atoms with Crippen LogP contribution in [-0.2, 0) is 4.79 Å². The number of nitrogens with one attached hydrogen (secondary N) is 2. The van der Waals surface area contributed by atoms with Crippen molar-refractivity contribution in [3.05, 3.63) is 87.9 Å². The molecule has 3 aromatic carbocycles. The summed E-state index contributed by atoms with van der Waals surface area (Å²) < 4.78 is 11.6. The second-order valence-electron chi connectivity index (χ2n) is 6.81. The van der Waals surface area contributed by atoms with Crippen molar-refractivity contribution < 1.29 is 19.1 Å². The van der Waals surface area contributed by atoms with E-state index >= 15 is 0 Å². The summed E-state index contributed by atoms with van der Waals surface area (Å²) in [6.45, 7) is 1.76. The van der Waals surface area contributed by atoms with Crippen molar-refractivity contribution in [3.63, 3.8) is 0 Å². The number of nitrogens with zero attached hydrogens (tertiary/aromatic N) is 1. The molecule has 0 atom stereocenters. The maximum Gasteiger partial charge on any atom is 0.271 e. The minimum atomic E-state index is -0.322. The summed E-state index contributed by atoms with van der Waals surface area (Å²) in [6.07, 6.45) is 1.47. The van der Waals surface area contributed by atoms with E-state index in [0.717, 1.165) is 10.0 Å². The minimum Gasteiger partial charge on any atom is -0.497 e. The molecular formula is C24H22BrN3O4. The van der Waals surface area contributed by atoms with Crippen molar-refractivity contribution >= 4 is 39.6 Å². The summed E-state index contributed by atoms with van der Waals surface area (Å²) in [6, 6.07) is 19.5. The first-order chi connectivity index (χ1) is 15.4. The van der Waals surface area contributed by atoms with Crippen LogP contribution in [0.1, 0.15) is 21.5 Å². The van der Waals surface area contributed by atoms with Crippen molar-refractivity contribution in [1.82, 2.24) is 5.43 Å². The molecule has 164 valence electrons. The molecule has 0 unspecified atom stereocenters. The normalized spacial score (nSPS) is 10.6. The van der Waals surface area contributed by atoms with E-state index in [1.54, 1.807) is 61.7 Å². The van der Waals surface area contributed by atoms with E-state index in [9.17, 15) is 9.59 Å². The van der Waals surface area contributed by atoms with E-state index in [4.69, 9.17) is 9.47 Å². The highest BCUT2D eigenvalue weighted by Crippen LogP contribution is 2.22. The first-order valence-corrected chi connectivity index (χ1v) is 10.5. The van der Waals surface area contributed by atoms with Gasteiger partial charge in [-0.15, -0.1) is 0 Å². The van der Waals surface area contributed by atoms with Crippen LogP contribution in [0.3, 0.4) is 0 Å². The number of hydrazone groups is 1. The molecule has 2 N–H and O–H groups in total. The highest BCUT2D eigenvalue weighted by molar-refractivity contribution is 9.10. The topological polar surface area (TPSA) is 89.0 Å². The Morgan fingerprint density at radius 2 is 1.75 bits per heavy atom. The zero-order valence-electron chi connectivity index (χ0n) is 17.6. The number of aryl methyl sites for hydroxylation is 1. The second-order valence-corrected chi connectivity index (χ2v) is 7.73. The van der Waals surface area contributed by atoms with Crippen LogP contribution in [0.4, 0.5) is 5.69 Å². The van der Waals surface area contributed by atoms with Crippen molar-refractivity contribution in [2.45, 2.75) is 6.92 Å². The van der Waals surface area contributed by atoms with Gasteiger partial charge >= 0.3 is 0 Å². The number of amides is 2. The third kappa shape index (κ3) is 6.68. The molecule has 0 fully saturated rings. The number of rotatable bonds is 8. The van der Waals surface area contributed by atoms with Gasteiger partial charge in [0.25, 0.3) is 11.8 Å². The van der Waals surface area contributed by atoms with Gasteiger partial charge in [0.05, 0.1) is 13.3 Å². The lowest BCUT2D eigenvalue weighted by atomic mass is 10.1. The van der Waals surface area contributed by atoms with Gasteiger partial charge < -0.3 is 14.8 Å². The molecule has 3 aromatic rings. The van der Waals surface area contributed by atoms with Crippen molar-refractivity contribution in [3.8, 4) is 11.5 Å². The summed E-state index contributed by atoms with van der Waals surface area (Å²) in [5.41, 5.74) is 5.30. The van der Waals surface area contributed by atoms with Crippen LogP contribution in [0, 0.1) is 6.92 Å². The lowest BCUT2D eigenvalue weighted by Crippen LogP contribution is -2.20. The zero-order valence-corrected chi connectivity index (χ0v) is 19.2. The first kappa shape index (κ1) is 23.0. The zero-order chi connectivity index (χ0) is 22.9. The smallest absolute Gasteiger partial charge is 0.271 e. The molecule has 0 spiro atoms. The number of benzene rings is 3. The van der Waals surface area contributed by atoms with E-state index in [1.165, 1.54) is 6.21 Å². The predicted octanol–water partition coefficient (Wildman–Crippen LogP) is 4.55. The minimum absolute atomic E-state index is 0.190. The number of ether oxygens (including phenoxy) is 2. The molecule has 0 bridgehead atoms. The highest BCUT2D eigenvalue weighted by atomic mass is 79.9. The number of hydrogen-bond acceptors (Lipinski definition) is 5. The number of hydrogen-bond donors (Lipinski definition) is 2. The second kappa shape index (κ2) is 11.1. The van der Waals surface area contributed by atoms with Gasteiger partial charge in [-0.1, -0.05) is 33.6 Å². The molecule has 3 rings (SSSR count). The van der Waals surface area contributed by atoms with Gasteiger partial charge in [-0.05, 0) is 61.5 Å². The number of anilines is 1. The number of carbonyl (C=O) groups is 2. The fourth-order valence-corrected chi connectivity index (χ4v) is 3.08. The summed E-state index contributed by atoms with van der Waals surface area (Å²) in [5, 5.41) is 6.77. The van der Waals surface area contributed by atoms with Crippen molar-refractivity contribution in [2.75, 3.05) is 19.0 Å². The number of halogens is 1. The van der Waals surface area contributed by atoms with Crippen LogP contribution < -0.4 is 20.2 Å².